The number of amides is 1. The van der Waals surface area contributed by atoms with Crippen LogP contribution in [0.5, 0.6) is 5.75 Å². The van der Waals surface area contributed by atoms with E-state index in [0.29, 0.717) is 25.6 Å². The molecule has 0 spiro atoms. The highest BCUT2D eigenvalue weighted by Crippen LogP contribution is 2.14. The van der Waals surface area contributed by atoms with Crippen LogP contribution < -0.4 is 10.1 Å². The van der Waals surface area contributed by atoms with Crippen molar-refractivity contribution in [3.8, 4) is 5.75 Å². The van der Waals surface area contributed by atoms with E-state index in [-0.39, 0.29) is 11.7 Å². The molecule has 1 aromatic rings. The number of nitrogens with one attached hydrogen (secondary N) is 1. The smallest absolute Gasteiger partial charge is 0.387 e. The van der Waals surface area contributed by atoms with Crippen LogP contribution in [0.2, 0.25) is 0 Å². The van der Waals surface area contributed by atoms with Crippen molar-refractivity contribution in [1.29, 1.82) is 0 Å². The molecule has 1 amide bonds. The zero-order valence-corrected chi connectivity index (χ0v) is 13.3. The van der Waals surface area contributed by atoms with Gasteiger partial charge in [-0.25, -0.2) is 0 Å². The Morgan fingerprint density at radius 3 is 2.50 bits per heavy atom. The van der Waals surface area contributed by atoms with Crippen LogP contribution in [0.25, 0.3) is 0 Å². The second kappa shape index (κ2) is 9.35. The highest BCUT2D eigenvalue weighted by Gasteiger charge is 2.11. The molecule has 0 aliphatic heterocycles. The topological polar surface area (TPSA) is 41.6 Å². The number of halogens is 2. The van der Waals surface area contributed by atoms with Crippen molar-refractivity contribution < 1.29 is 18.3 Å². The van der Waals surface area contributed by atoms with Gasteiger partial charge in [-0.3, -0.25) is 9.69 Å². The number of alkyl halides is 2. The zero-order valence-electron chi connectivity index (χ0n) is 13.3. The van der Waals surface area contributed by atoms with Gasteiger partial charge in [0.15, 0.2) is 0 Å². The molecule has 0 unspecified atom stereocenters. The fourth-order valence-corrected chi connectivity index (χ4v) is 1.93. The highest BCUT2D eigenvalue weighted by atomic mass is 19.3. The van der Waals surface area contributed by atoms with Gasteiger partial charge in [0.05, 0.1) is 6.54 Å². The SMILES string of the molecule is CC[C@@H](C)N(C)CC(=O)NCCc1ccc(OC(F)F)cc1. The number of likely N-dealkylation sites (N-methyl/N-ethyl adjacent to an activating group) is 1. The number of benzene rings is 1. The van der Waals surface area contributed by atoms with E-state index in [4.69, 9.17) is 0 Å². The van der Waals surface area contributed by atoms with Gasteiger partial charge < -0.3 is 10.1 Å². The Bertz CT molecular complexity index is 452. The van der Waals surface area contributed by atoms with E-state index in [1.807, 2.05) is 11.9 Å². The Balaban J connectivity index is 2.30. The summed E-state index contributed by atoms with van der Waals surface area (Å²) >= 11 is 0. The van der Waals surface area contributed by atoms with E-state index in [1.54, 1.807) is 12.1 Å². The summed E-state index contributed by atoms with van der Waals surface area (Å²) in [6.07, 6.45) is 1.64. The lowest BCUT2D eigenvalue weighted by Crippen LogP contribution is -2.39. The first kappa shape index (κ1) is 18.4. The van der Waals surface area contributed by atoms with Gasteiger partial charge in [0.1, 0.15) is 5.75 Å². The maximum Gasteiger partial charge on any atom is 0.387 e. The summed E-state index contributed by atoms with van der Waals surface area (Å²) in [5.41, 5.74) is 0.956. The normalized spacial score (nSPS) is 12.5. The van der Waals surface area contributed by atoms with E-state index in [1.165, 1.54) is 12.1 Å². The summed E-state index contributed by atoms with van der Waals surface area (Å²) < 4.78 is 28.3. The molecule has 0 fully saturated rings. The molecule has 0 aromatic heterocycles. The molecule has 22 heavy (non-hydrogen) atoms. The van der Waals surface area contributed by atoms with E-state index >= 15 is 0 Å². The fourth-order valence-electron chi connectivity index (χ4n) is 1.93. The molecule has 1 atom stereocenters. The van der Waals surface area contributed by atoms with E-state index in [9.17, 15) is 13.6 Å². The number of hydrogen-bond donors (Lipinski definition) is 1. The molecule has 0 aliphatic rings. The van der Waals surface area contributed by atoms with Crippen molar-refractivity contribution in [3.63, 3.8) is 0 Å². The summed E-state index contributed by atoms with van der Waals surface area (Å²) in [6.45, 7) is 2.24. The van der Waals surface area contributed by atoms with Crippen LogP contribution in [-0.4, -0.2) is 43.6 Å². The van der Waals surface area contributed by atoms with Crippen molar-refractivity contribution in [2.45, 2.75) is 39.3 Å². The molecule has 0 aliphatic carbocycles. The molecule has 1 rings (SSSR count). The molecule has 124 valence electrons. The molecule has 4 nitrogen and oxygen atoms in total. The average Bonchev–Trinajstić information content (AvgIpc) is 2.47. The lowest BCUT2D eigenvalue weighted by atomic mass is 10.1. The highest BCUT2D eigenvalue weighted by molar-refractivity contribution is 5.78. The predicted molar refractivity (Wildman–Crippen MR) is 82.2 cm³/mol. The van der Waals surface area contributed by atoms with Gasteiger partial charge in [0, 0.05) is 12.6 Å². The third kappa shape index (κ3) is 6.85. The number of hydrogen-bond acceptors (Lipinski definition) is 3. The Hall–Kier alpha value is -1.69. The lowest BCUT2D eigenvalue weighted by Gasteiger charge is -2.22. The summed E-state index contributed by atoms with van der Waals surface area (Å²) in [6, 6.07) is 6.80. The molecular weight excluding hydrogens is 290 g/mol. The molecule has 6 heteroatoms. The molecular formula is C16H24F2N2O2. The van der Waals surface area contributed by atoms with Gasteiger partial charge >= 0.3 is 6.61 Å². The molecule has 0 saturated carbocycles. The van der Waals surface area contributed by atoms with Crippen LogP contribution in [0.1, 0.15) is 25.8 Å². The molecule has 0 bridgehead atoms. The maximum atomic E-state index is 12.0. The van der Waals surface area contributed by atoms with Crippen molar-refractivity contribution in [2.24, 2.45) is 0 Å². The van der Waals surface area contributed by atoms with Crippen molar-refractivity contribution in [3.05, 3.63) is 29.8 Å². The van der Waals surface area contributed by atoms with Gasteiger partial charge in [-0.2, -0.15) is 8.78 Å². The number of ether oxygens (including phenoxy) is 1. The standard InChI is InChI=1S/C16H24F2N2O2/c1-4-12(2)20(3)11-15(21)19-10-9-13-5-7-14(8-6-13)22-16(17)18/h5-8,12,16H,4,9-11H2,1-3H3,(H,19,21)/t12-/m1/s1. The van der Waals surface area contributed by atoms with Crippen LogP contribution in [-0.2, 0) is 11.2 Å². The Morgan fingerprint density at radius 2 is 1.95 bits per heavy atom. The molecule has 0 saturated heterocycles. The Kier molecular flexibility index (Phi) is 7.80. The van der Waals surface area contributed by atoms with Crippen LogP contribution >= 0.6 is 0 Å². The van der Waals surface area contributed by atoms with Gasteiger partial charge in [-0.1, -0.05) is 19.1 Å². The van der Waals surface area contributed by atoms with Gasteiger partial charge in [0.25, 0.3) is 0 Å². The van der Waals surface area contributed by atoms with Crippen LogP contribution in [0.4, 0.5) is 8.78 Å². The number of nitrogens with zero attached hydrogens (tertiary/aromatic N) is 1. The first-order chi connectivity index (χ1) is 10.4. The second-order valence-electron chi connectivity index (χ2n) is 5.29. The Morgan fingerprint density at radius 1 is 1.32 bits per heavy atom. The summed E-state index contributed by atoms with van der Waals surface area (Å²) in [5, 5.41) is 2.86. The van der Waals surface area contributed by atoms with E-state index < -0.39 is 6.61 Å². The van der Waals surface area contributed by atoms with Crippen molar-refractivity contribution in [2.75, 3.05) is 20.1 Å². The van der Waals surface area contributed by atoms with Crippen LogP contribution in [0, 0.1) is 0 Å². The van der Waals surface area contributed by atoms with Gasteiger partial charge in [-0.15, -0.1) is 0 Å². The average molecular weight is 314 g/mol. The third-order valence-electron chi connectivity index (χ3n) is 3.62. The van der Waals surface area contributed by atoms with Gasteiger partial charge in [-0.05, 0) is 44.5 Å². The maximum absolute atomic E-state index is 12.0. The number of carbonyl (C=O) groups excluding carboxylic acids is 1. The first-order valence-corrected chi connectivity index (χ1v) is 7.43. The minimum Gasteiger partial charge on any atom is -0.435 e. The fraction of sp³-hybridized carbons (Fsp3) is 0.562. The minimum absolute atomic E-state index is 0.0135. The quantitative estimate of drug-likeness (QED) is 0.762. The predicted octanol–water partition coefficient (Wildman–Crippen LogP) is 2.68. The van der Waals surface area contributed by atoms with Crippen molar-refractivity contribution in [1.82, 2.24) is 10.2 Å². The largest absolute Gasteiger partial charge is 0.435 e. The Labute approximate surface area is 130 Å². The number of rotatable bonds is 9. The molecule has 0 heterocycles. The van der Waals surface area contributed by atoms with Crippen LogP contribution in [0.15, 0.2) is 24.3 Å². The van der Waals surface area contributed by atoms with Gasteiger partial charge in [0.2, 0.25) is 5.91 Å². The third-order valence-corrected chi connectivity index (χ3v) is 3.62. The van der Waals surface area contributed by atoms with Crippen molar-refractivity contribution >= 4 is 5.91 Å². The van der Waals surface area contributed by atoms with E-state index in [0.717, 1.165) is 12.0 Å². The summed E-state index contributed by atoms with van der Waals surface area (Å²) in [4.78, 5) is 13.8. The number of carbonyl (C=O) groups is 1. The summed E-state index contributed by atoms with van der Waals surface area (Å²) in [7, 11) is 1.93. The minimum atomic E-state index is -2.81. The first-order valence-electron chi connectivity index (χ1n) is 7.43. The lowest BCUT2D eigenvalue weighted by molar-refractivity contribution is -0.122. The second-order valence-corrected chi connectivity index (χ2v) is 5.29. The molecule has 0 radical (unpaired) electrons. The van der Waals surface area contributed by atoms with Crippen LogP contribution in [0.3, 0.4) is 0 Å². The molecule has 1 aromatic carbocycles. The monoisotopic (exact) mass is 314 g/mol. The molecule has 1 N–H and O–H groups in total. The van der Waals surface area contributed by atoms with E-state index in [2.05, 4.69) is 23.9 Å². The zero-order chi connectivity index (χ0) is 16.5. The summed E-state index contributed by atoms with van der Waals surface area (Å²) in [5.74, 6) is 0.124.